The lowest BCUT2D eigenvalue weighted by Gasteiger charge is -2.20. The number of nitrogens with one attached hydrogen (secondary N) is 4. The molecule has 55 heavy (non-hydrogen) atoms. The number of nitrogens with two attached hydrogens (primary N) is 4. The van der Waals surface area contributed by atoms with Gasteiger partial charge in [-0.1, -0.05) is 32.1 Å². The van der Waals surface area contributed by atoms with Crippen LogP contribution in [0.15, 0.2) is 63.8 Å². The fraction of sp³-hybridized carbons (Fsp3) is 0.564. The predicted molar refractivity (Wildman–Crippen MR) is 219 cm³/mol. The van der Waals surface area contributed by atoms with Crippen LogP contribution in [-0.4, -0.2) is 87.5 Å². The number of primary amides is 1. The molecular weight excluding hydrogens is 701 g/mol. The first kappa shape index (κ1) is 46.1. The summed E-state index contributed by atoms with van der Waals surface area (Å²) in [6, 6.07) is 12.7. The average Bonchev–Trinajstić information content (AvgIpc) is 3.17. The summed E-state index contributed by atoms with van der Waals surface area (Å²) >= 11 is 0. The van der Waals surface area contributed by atoms with E-state index in [0.29, 0.717) is 49.4 Å². The van der Waals surface area contributed by atoms with Gasteiger partial charge in [0.05, 0.1) is 23.8 Å². The van der Waals surface area contributed by atoms with Crippen LogP contribution in [0.5, 0.6) is 0 Å². The summed E-state index contributed by atoms with van der Waals surface area (Å²) in [5, 5.41) is 20.3. The van der Waals surface area contributed by atoms with Gasteiger partial charge in [-0.05, 0) is 108 Å². The Morgan fingerprint density at radius 3 is 1.78 bits per heavy atom. The number of azo groups is 1. The fourth-order valence-corrected chi connectivity index (χ4v) is 5.69. The van der Waals surface area contributed by atoms with Crippen molar-refractivity contribution in [2.24, 2.45) is 38.2 Å². The Labute approximate surface area is 326 Å². The van der Waals surface area contributed by atoms with Crippen LogP contribution in [0.4, 0.5) is 17.1 Å². The number of guanidine groups is 1. The maximum absolute atomic E-state index is 12.9. The van der Waals surface area contributed by atoms with E-state index in [1.807, 2.05) is 24.3 Å². The number of rotatable bonds is 29. The minimum Gasteiger partial charge on any atom is -0.372 e. The molecule has 2 rings (SSSR count). The zero-order chi connectivity index (χ0) is 40.3. The lowest BCUT2D eigenvalue weighted by molar-refractivity contribution is -0.126. The Kier molecular flexibility index (Phi) is 23.0. The van der Waals surface area contributed by atoms with E-state index in [1.165, 1.54) is 0 Å². The molecule has 0 aliphatic carbocycles. The van der Waals surface area contributed by atoms with Crippen LogP contribution in [0.25, 0.3) is 0 Å². The van der Waals surface area contributed by atoms with Gasteiger partial charge in [-0.3, -0.25) is 24.2 Å². The number of unbranched alkanes of at least 4 members (excludes halogenated alkanes) is 6. The first-order chi connectivity index (χ1) is 26.5. The molecule has 0 radical (unpaired) electrons. The Morgan fingerprint density at radius 2 is 1.20 bits per heavy atom. The van der Waals surface area contributed by atoms with Gasteiger partial charge in [-0.2, -0.15) is 10.2 Å². The van der Waals surface area contributed by atoms with Gasteiger partial charge in [-0.15, -0.1) is 0 Å². The van der Waals surface area contributed by atoms with Crippen LogP contribution >= 0.6 is 0 Å². The molecule has 2 aromatic carbocycles. The molecule has 0 saturated carbocycles. The van der Waals surface area contributed by atoms with Crippen molar-refractivity contribution in [1.82, 2.24) is 21.3 Å². The third kappa shape index (κ3) is 20.2. The first-order valence-electron chi connectivity index (χ1n) is 19.6. The minimum absolute atomic E-state index is 0.0372. The number of amides is 4. The zero-order valence-electron chi connectivity index (χ0n) is 32.7. The van der Waals surface area contributed by atoms with Gasteiger partial charge in [0.15, 0.2) is 5.96 Å². The van der Waals surface area contributed by atoms with Crippen molar-refractivity contribution < 1.29 is 19.2 Å². The van der Waals surface area contributed by atoms with Crippen molar-refractivity contribution in [3.05, 3.63) is 54.1 Å². The molecular formula is C39H64N12O4. The number of aliphatic imine (C=N–C) groups is 1. The molecule has 0 unspecified atom stereocenters. The van der Waals surface area contributed by atoms with Crippen molar-refractivity contribution in [3.8, 4) is 0 Å². The molecule has 0 heterocycles. The number of anilines is 1. The van der Waals surface area contributed by atoms with Gasteiger partial charge in [0.25, 0.3) is 5.91 Å². The highest BCUT2D eigenvalue weighted by Gasteiger charge is 2.23. The lowest BCUT2D eigenvalue weighted by Crippen LogP contribution is -2.48. The highest BCUT2D eigenvalue weighted by atomic mass is 16.2. The van der Waals surface area contributed by atoms with Gasteiger partial charge in [0, 0.05) is 44.0 Å². The molecule has 16 heteroatoms. The molecule has 16 nitrogen and oxygen atoms in total. The topological polar surface area (TPSA) is 261 Å². The summed E-state index contributed by atoms with van der Waals surface area (Å²) in [5.74, 6) is -1.75. The average molecular weight is 765 g/mol. The summed E-state index contributed by atoms with van der Waals surface area (Å²) in [6.07, 6.45) is 8.96. The first-order valence-corrected chi connectivity index (χ1v) is 19.6. The van der Waals surface area contributed by atoms with E-state index in [0.717, 1.165) is 83.2 Å². The normalized spacial score (nSPS) is 12.1. The molecule has 0 spiro atoms. The quantitative estimate of drug-likeness (QED) is 0.0261. The van der Waals surface area contributed by atoms with E-state index in [1.54, 1.807) is 24.3 Å². The second kappa shape index (κ2) is 27.5. The Balaban J connectivity index is 1.57. The standard InChI is InChI=1S/C39H64N12O4/c1-3-51(4-2)32-21-19-31(20-22-32)50-49-30-17-15-29(16-18-30)36(53)48-34(28-35(41)52)38(55)46-25-11-9-7-5-6-8-10-23-44-24-13-27-45-37(54)33(40)14-12-26-47-39(42)43/h15-22,33-34,44H,3-14,23-28,40H2,1-2H3,(H2,41,52)(H,45,54)(H,46,55)(H,48,53)(H4,42,43,47)/t33-,34-/m0/s1. The molecule has 4 amide bonds. The summed E-state index contributed by atoms with van der Waals surface area (Å²) in [5.41, 5.74) is 24.6. The highest BCUT2D eigenvalue weighted by molar-refractivity contribution is 5.99. The molecule has 0 bridgehead atoms. The maximum atomic E-state index is 12.9. The van der Waals surface area contributed by atoms with E-state index >= 15 is 0 Å². The van der Waals surface area contributed by atoms with Gasteiger partial charge in [0.1, 0.15) is 6.04 Å². The van der Waals surface area contributed by atoms with Crippen molar-refractivity contribution >= 4 is 46.7 Å². The second-order valence-electron chi connectivity index (χ2n) is 13.3. The summed E-state index contributed by atoms with van der Waals surface area (Å²) in [6.45, 7) is 9.29. The van der Waals surface area contributed by atoms with Crippen LogP contribution in [-0.2, 0) is 14.4 Å². The van der Waals surface area contributed by atoms with Crippen LogP contribution in [0, 0.1) is 0 Å². The SMILES string of the molecule is CCN(CC)c1ccc(N=Nc2ccc(C(=O)N[C@@H](CC(N)=O)C(=O)NCCCCCCCCCNCCCNC(=O)[C@@H](N)CCCN=C(N)N)cc2)cc1. The van der Waals surface area contributed by atoms with Crippen molar-refractivity contribution in [2.45, 2.75) is 96.6 Å². The van der Waals surface area contributed by atoms with Gasteiger partial charge >= 0.3 is 0 Å². The zero-order valence-corrected chi connectivity index (χ0v) is 32.7. The predicted octanol–water partition coefficient (Wildman–Crippen LogP) is 3.25. The van der Waals surface area contributed by atoms with Crippen molar-refractivity contribution in [1.29, 1.82) is 0 Å². The molecule has 2 aromatic rings. The monoisotopic (exact) mass is 765 g/mol. The molecule has 12 N–H and O–H groups in total. The number of nitrogens with zero attached hydrogens (tertiary/aromatic N) is 4. The highest BCUT2D eigenvalue weighted by Crippen LogP contribution is 2.22. The lowest BCUT2D eigenvalue weighted by atomic mass is 10.1. The van der Waals surface area contributed by atoms with Crippen LogP contribution in [0.3, 0.4) is 0 Å². The Hall–Kier alpha value is -5.09. The number of carbonyl (C=O) groups excluding carboxylic acids is 4. The minimum atomic E-state index is -1.08. The fourth-order valence-electron chi connectivity index (χ4n) is 5.69. The van der Waals surface area contributed by atoms with Crippen LogP contribution in [0.2, 0.25) is 0 Å². The Bertz CT molecular complexity index is 1480. The molecule has 0 fully saturated rings. The number of hydrogen-bond donors (Lipinski definition) is 8. The molecule has 0 aliphatic rings. The van der Waals surface area contributed by atoms with E-state index < -0.39 is 29.8 Å². The molecule has 304 valence electrons. The van der Waals surface area contributed by atoms with Crippen LogP contribution in [0.1, 0.15) is 94.8 Å². The number of carbonyl (C=O) groups is 4. The smallest absolute Gasteiger partial charge is 0.251 e. The molecule has 0 aliphatic heterocycles. The largest absolute Gasteiger partial charge is 0.372 e. The van der Waals surface area contributed by atoms with E-state index in [4.69, 9.17) is 22.9 Å². The van der Waals surface area contributed by atoms with Crippen molar-refractivity contribution in [3.63, 3.8) is 0 Å². The molecule has 2 atom stereocenters. The summed E-state index contributed by atoms with van der Waals surface area (Å²) in [7, 11) is 0. The van der Waals surface area contributed by atoms with Gasteiger partial charge < -0.3 is 49.1 Å². The molecule has 0 aromatic heterocycles. The Morgan fingerprint density at radius 1 is 0.673 bits per heavy atom. The maximum Gasteiger partial charge on any atom is 0.251 e. The van der Waals surface area contributed by atoms with Crippen LogP contribution < -0.4 is 49.1 Å². The summed E-state index contributed by atoms with van der Waals surface area (Å²) in [4.78, 5) is 55.6. The van der Waals surface area contributed by atoms with E-state index in [-0.39, 0.29) is 18.3 Å². The van der Waals surface area contributed by atoms with Gasteiger partial charge in [-0.25, -0.2) is 0 Å². The molecule has 0 saturated heterocycles. The second-order valence-corrected chi connectivity index (χ2v) is 13.3. The number of hydrogen-bond acceptors (Lipinski definition) is 10. The van der Waals surface area contributed by atoms with Gasteiger partial charge in [0.2, 0.25) is 17.7 Å². The van der Waals surface area contributed by atoms with E-state index in [2.05, 4.69) is 55.2 Å². The third-order valence-electron chi connectivity index (χ3n) is 8.88. The third-order valence-corrected chi connectivity index (χ3v) is 8.88. The number of benzene rings is 2. The summed E-state index contributed by atoms with van der Waals surface area (Å²) < 4.78 is 0. The van der Waals surface area contributed by atoms with E-state index in [9.17, 15) is 19.2 Å². The van der Waals surface area contributed by atoms with Crippen molar-refractivity contribution in [2.75, 3.05) is 50.7 Å².